The summed E-state index contributed by atoms with van der Waals surface area (Å²) in [5.74, 6) is 0.641. The number of nitrogens with one attached hydrogen (secondary N) is 1. The monoisotopic (exact) mass is 289 g/mol. The maximum absolute atomic E-state index is 12.5. The van der Waals surface area contributed by atoms with Crippen LogP contribution in [0.2, 0.25) is 5.15 Å². The van der Waals surface area contributed by atoms with Gasteiger partial charge in [-0.05, 0) is 18.2 Å². The molecular formula is C12H11ClF3N3. The van der Waals surface area contributed by atoms with Crippen molar-refractivity contribution in [1.82, 2.24) is 9.55 Å². The van der Waals surface area contributed by atoms with Crippen LogP contribution in [0.1, 0.15) is 11.4 Å². The minimum absolute atomic E-state index is 0.296. The fourth-order valence-electron chi connectivity index (χ4n) is 1.58. The van der Waals surface area contributed by atoms with E-state index in [9.17, 15) is 13.2 Å². The van der Waals surface area contributed by atoms with Crippen molar-refractivity contribution in [2.45, 2.75) is 12.7 Å². The van der Waals surface area contributed by atoms with Crippen molar-refractivity contribution >= 4 is 17.3 Å². The Bertz CT molecular complexity index is 578. The molecule has 1 heterocycles. The van der Waals surface area contributed by atoms with E-state index in [4.69, 9.17) is 11.6 Å². The summed E-state index contributed by atoms with van der Waals surface area (Å²) in [4.78, 5) is 4.05. The number of halogens is 4. The highest BCUT2D eigenvalue weighted by atomic mass is 35.5. The molecule has 3 nitrogen and oxygen atoms in total. The number of benzene rings is 1. The lowest BCUT2D eigenvalue weighted by Crippen LogP contribution is -2.08. The van der Waals surface area contributed by atoms with E-state index < -0.39 is 11.7 Å². The molecule has 19 heavy (non-hydrogen) atoms. The maximum Gasteiger partial charge on any atom is 0.416 e. The predicted octanol–water partition coefficient (Wildman–Crippen LogP) is 3.70. The van der Waals surface area contributed by atoms with Gasteiger partial charge >= 0.3 is 6.18 Å². The summed E-state index contributed by atoms with van der Waals surface area (Å²) in [6.45, 7) is 0.296. The third-order valence-electron chi connectivity index (χ3n) is 2.67. The molecular weight excluding hydrogens is 279 g/mol. The van der Waals surface area contributed by atoms with Gasteiger partial charge in [-0.3, -0.25) is 0 Å². The zero-order valence-corrected chi connectivity index (χ0v) is 10.8. The Balaban J connectivity index is 2.10. The van der Waals surface area contributed by atoms with Crippen molar-refractivity contribution in [2.24, 2.45) is 7.05 Å². The van der Waals surface area contributed by atoms with Crippen molar-refractivity contribution < 1.29 is 13.2 Å². The van der Waals surface area contributed by atoms with Gasteiger partial charge in [0.05, 0.1) is 18.3 Å². The van der Waals surface area contributed by atoms with Gasteiger partial charge in [0.1, 0.15) is 11.0 Å². The smallest absolute Gasteiger partial charge is 0.378 e. The Labute approximate surface area is 113 Å². The summed E-state index contributed by atoms with van der Waals surface area (Å²) < 4.78 is 39.3. The van der Waals surface area contributed by atoms with Gasteiger partial charge in [-0.1, -0.05) is 17.7 Å². The molecule has 0 saturated carbocycles. The summed E-state index contributed by atoms with van der Waals surface area (Å²) >= 11 is 5.82. The number of hydrogen-bond donors (Lipinski definition) is 1. The minimum atomic E-state index is -4.34. The number of alkyl halides is 3. The highest BCUT2D eigenvalue weighted by Gasteiger charge is 2.30. The van der Waals surface area contributed by atoms with Crippen LogP contribution in [0.5, 0.6) is 0 Å². The van der Waals surface area contributed by atoms with E-state index in [1.165, 1.54) is 12.3 Å². The van der Waals surface area contributed by atoms with Crippen molar-refractivity contribution in [2.75, 3.05) is 5.32 Å². The molecule has 1 N–H and O–H groups in total. The molecule has 0 amide bonds. The lowest BCUT2D eigenvalue weighted by molar-refractivity contribution is -0.137. The molecule has 2 rings (SSSR count). The SMILES string of the molecule is Cn1c(Cl)cnc1CNc1cccc(C(F)(F)F)c1. The molecule has 0 radical (unpaired) electrons. The first kappa shape index (κ1) is 13.7. The largest absolute Gasteiger partial charge is 0.416 e. The number of aromatic nitrogens is 2. The van der Waals surface area contributed by atoms with Gasteiger partial charge in [0.15, 0.2) is 0 Å². The average Bonchev–Trinajstić information content (AvgIpc) is 2.67. The van der Waals surface area contributed by atoms with E-state index in [1.807, 2.05) is 0 Å². The fraction of sp³-hybridized carbons (Fsp3) is 0.250. The zero-order chi connectivity index (χ0) is 14.0. The Morgan fingerprint density at radius 2 is 2.11 bits per heavy atom. The average molecular weight is 290 g/mol. The predicted molar refractivity (Wildman–Crippen MR) is 67.0 cm³/mol. The Kier molecular flexibility index (Phi) is 3.71. The van der Waals surface area contributed by atoms with Crippen molar-refractivity contribution in [1.29, 1.82) is 0 Å². The zero-order valence-electron chi connectivity index (χ0n) is 10.0. The van der Waals surface area contributed by atoms with Crippen LogP contribution in [-0.4, -0.2) is 9.55 Å². The molecule has 7 heteroatoms. The van der Waals surface area contributed by atoms with Gasteiger partial charge in [0, 0.05) is 12.7 Å². The molecule has 2 aromatic rings. The molecule has 1 aromatic heterocycles. The van der Waals surface area contributed by atoms with Crippen LogP contribution in [0.3, 0.4) is 0 Å². The van der Waals surface area contributed by atoms with Gasteiger partial charge < -0.3 is 9.88 Å². The molecule has 0 aliphatic rings. The molecule has 0 bridgehead atoms. The molecule has 0 fully saturated rings. The molecule has 0 saturated heterocycles. The van der Waals surface area contributed by atoms with E-state index in [1.54, 1.807) is 17.7 Å². The minimum Gasteiger partial charge on any atom is -0.378 e. The number of nitrogens with zero attached hydrogens (tertiary/aromatic N) is 2. The second-order valence-corrected chi connectivity index (χ2v) is 4.38. The Hall–Kier alpha value is -1.69. The highest BCUT2D eigenvalue weighted by Crippen LogP contribution is 2.30. The van der Waals surface area contributed by atoms with Crippen molar-refractivity contribution in [3.8, 4) is 0 Å². The summed E-state index contributed by atoms with van der Waals surface area (Å²) in [5, 5.41) is 3.36. The van der Waals surface area contributed by atoms with Crippen LogP contribution >= 0.6 is 11.6 Å². The topological polar surface area (TPSA) is 29.9 Å². The molecule has 102 valence electrons. The molecule has 1 aromatic carbocycles. The van der Waals surface area contributed by atoms with E-state index in [-0.39, 0.29) is 0 Å². The van der Waals surface area contributed by atoms with Crippen LogP contribution in [0.4, 0.5) is 18.9 Å². The first-order chi connectivity index (χ1) is 8.88. The van der Waals surface area contributed by atoms with Crippen LogP contribution in [-0.2, 0) is 19.8 Å². The van der Waals surface area contributed by atoms with Crippen LogP contribution in [0.15, 0.2) is 30.5 Å². The third kappa shape index (κ3) is 3.20. The van der Waals surface area contributed by atoms with Gasteiger partial charge in [-0.25, -0.2) is 4.98 Å². The van der Waals surface area contributed by atoms with Crippen molar-refractivity contribution in [3.63, 3.8) is 0 Å². The molecule has 0 aliphatic carbocycles. The molecule has 0 spiro atoms. The van der Waals surface area contributed by atoms with Crippen LogP contribution in [0.25, 0.3) is 0 Å². The van der Waals surface area contributed by atoms with E-state index in [0.29, 0.717) is 23.2 Å². The normalized spacial score (nSPS) is 11.6. The van der Waals surface area contributed by atoms with Crippen LogP contribution < -0.4 is 5.32 Å². The van der Waals surface area contributed by atoms with Crippen LogP contribution in [0, 0.1) is 0 Å². The van der Waals surface area contributed by atoms with E-state index in [0.717, 1.165) is 12.1 Å². The summed E-state index contributed by atoms with van der Waals surface area (Å²) in [6, 6.07) is 5.02. The molecule has 0 aliphatic heterocycles. The maximum atomic E-state index is 12.5. The van der Waals surface area contributed by atoms with E-state index in [2.05, 4.69) is 10.3 Å². The summed E-state index contributed by atoms with van der Waals surface area (Å²) in [5.41, 5.74) is -0.302. The highest BCUT2D eigenvalue weighted by molar-refractivity contribution is 6.29. The lowest BCUT2D eigenvalue weighted by Gasteiger charge is -2.10. The Morgan fingerprint density at radius 3 is 2.68 bits per heavy atom. The fourth-order valence-corrected chi connectivity index (χ4v) is 1.72. The van der Waals surface area contributed by atoms with Gasteiger partial charge in [0.2, 0.25) is 0 Å². The lowest BCUT2D eigenvalue weighted by atomic mass is 10.2. The first-order valence-corrected chi connectivity index (χ1v) is 5.83. The second kappa shape index (κ2) is 5.13. The third-order valence-corrected chi connectivity index (χ3v) is 3.02. The standard InChI is InChI=1S/C12H11ClF3N3/c1-19-10(13)6-18-11(19)7-17-9-4-2-3-8(5-9)12(14,15)16/h2-6,17H,7H2,1H3. The number of rotatable bonds is 3. The first-order valence-electron chi connectivity index (χ1n) is 5.45. The molecule has 0 unspecified atom stereocenters. The van der Waals surface area contributed by atoms with Crippen molar-refractivity contribution in [3.05, 3.63) is 47.0 Å². The summed E-state index contributed by atoms with van der Waals surface area (Å²) in [7, 11) is 1.73. The van der Waals surface area contributed by atoms with Gasteiger partial charge in [-0.15, -0.1) is 0 Å². The van der Waals surface area contributed by atoms with E-state index >= 15 is 0 Å². The molecule has 0 atom stereocenters. The summed E-state index contributed by atoms with van der Waals surface area (Å²) in [6.07, 6.45) is -2.85. The van der Waals surface area contributed by atoms with Gasteiger partial charge in [-0.2, -0.15) is 13.2 Å². The number of imidazole rings is 1. The number of anilines is 1. The second-order valence-electron chi connectivity index (χ2n) is 3.99. The quantitative estimate of drug-likeness (QED) is 0.933. The number of hydrogen-bond acceptors (Lipinski definition) is 2. The van der Waals surface area contributed by atoms with Gasteiger partial charge in [0.25, 0.3) is 0 Å². The Morgan fingerprint density at radius 1 is 1.37 bits per heavy atom.